The first kappa shape index (κ1) is 11.1. The lowest BCUT2D eigenvalue weighted by Crippen LogP contribution is -2.17. The van der Waals surface area contributed by atoms with Gasteiger partial charge in [0.05, 0.1) is 5.09 Å². The molecule has 0 aromatic carbocycles. The molecule has 0 bridgehead atoms. The van der Waals surface area contributed by atoms with Crippen LogP contribution in [0.3, 0.4) is 0 Å². The number of thiol groups is 1. The first-order chi connectivity index (χ1) is 5.45. The van der Waals surface area contributed by atoms with Crippen molar-refractivity contribution in [1.29, 1.82) is 0 Å². The summed E-state index contributed by atoms with van der Waals surface area (Å²) < 4.78 is 0. The molecule has 0 heterocycles. The second-order valence-corrected chi connectivity index (χ2v) is 2.35. The van der Waals surface area contributed by atoms with Gasteiger partial charge in [-0.05, 0) is 0 Å². The Morgan fingerprint density at radius 3 is 2.25 bits per heavy atom. The highest BCUT2D eigenvalue weighted by molar-refractivity contribution is 7.81. The van der Waals surface area contributed by atoms with Crippen LogP contribution < -0.4 is 0 Å². The zero-order chi connectivity index (χ0) is 9.72. The Bertz CT molecular complexity index is 196. The summed E-state index contributed by atoms with van der Waals surface area (Å²) in [6, 6.07) is 0. The largest absolute Gasteiger partial charge is 0.736 e. The van der Waals surface area contributed by atoms with E-state index in [1.165, 1.54) is 0 Å². The van der Waals surface area contributed by atoms with Gasteiger partial charge in [0.25, 0.3) is 0 Å². The third-order valence-electron chi connectivity index (χ3n) is 0.597. The molecule has 0 radical (unpaired) electrons. The van der Waals surface area contributed by atoms with E-state index >= 15 is 0 Å². The van der Waals surface area contributed by atoms with Crippen molar-refractivity contribution in [2.24, 2.45) is 0 Å². The number of aliphatic hydroxyl groups excluding tert-OH is 3. The van der Waals surface area contributed by atoms with Gasteiger partial charge in [0, 0.05) is 0 Å². The van der Waals surface area contributed by atoms with E-state index in [0.29, 0.717) is 0 Å². The van der Waals surface area contributed by atoms with Crippen LogP contribution in [0, 0.1) is 0 Å². The Hall–Kier alpha value is -0.860. The molecule has 1 atom stereocenters. The first-order valence-corrected chi connectivity index (χ1v) is 3.41. The number of hydrogen-bond donors (Lipinski definition) is 4. The molecular weight excluding hydrogens is 208 g/mol. The summed E-state index contributed by atoms with van der Waals surface area (Å²) >= 11 is 7.27. The van der Waals surface area contributed by atoms with Crippen LogP contribution in [0.2, 0.25) is 0 Å². The van der Waals surface area contributed by atoms with Crippen LogP contribution in [0.25, 0.3) is 0 Å². The molecule has 8 heteroatoms. The van der Waals surface area contributed by atoms with Gasteiger partial charge in [-0.2, -0.15) is 0 Å². The first-order valence-electron chi connectivity index (χ1n) is 2.49. The number of carbonyl (C=O) groups excluding carboxylic acids is 1. The fourth-order valence-corrected chi connectivity index (χ4v) is 0.236. The van der Waals surface area contributed by atoms with Gasteiger partial charge in [-0.15, -0.1) is 12.6 Å². The minimum Gasteiger partial charge on any atom is -0.736 e. The zero-order valence-corrected chi connectivity index (χ0v) is 7.21. The van der Waals surface area contributed by atoms with E-state index in [9.17, 15) is 4.79 Å². The quantitative estimate of drug-likeness (QED) is 0.125. The molecule has 0 aromatic rings. The molecule has 0 aliphatic rings. The monoisotopic (exact) mass is 213 g/mol. The molecule has 3 N–H and O–H groups in total. The SMILES string of the molecule is O=C(OOC(O)=C(O)[S-])C(O)S. The van der Waals surface area contributed by atoms with Gasteiger partial charge < -0.3 is 27.9 Å². The third kappa shape index (κ3) is 4.11. The third-order valence-corrected chi connectivity index (χ3v) is 0.982. The van der Waals surface area contributed by atoms with E-state index in [-0.39, 0.29) is 0 Å². The average molecular weight is 213 g/mol. The van der Waals surface area contributed by atoms with Gasteiger partial charge >= 0.3 is 11.9 Å². The zero-order valence-electron chi connectivity index (χ0n) is 5.50. The highest BCUT2D eigenvalue weighted by Crippen LogP contribution is 2.00. The van der Waals surface area contributed by atoms with Crippen molar-refractivity contribution in [2.75, 3.05) is 0 Å². The lowest BCUT2D eigenvalue weighted by molar-refractivity contribution is -0.271. The van der Waals surface area contributed by atoms with Crippen molar-refractivity contribution < 1.29 is 29.9 Å². The fraction of sp³-hybridized carbons (Fsp3) is 0.250. The van der Waals surface area contributed by atoms with Crippen molar-refractivity contribution in [3.63, 3.8) is 0 Å². The van der Waals surface area contributed by atoms with Crippen LogP contribution in [0.4, 0.5) is 0 Å². The van der Waals surface area contributed by atoms with Crippen LogP contribution in [0.1, 0.15) is 0 Å². The van der Waals surface area contributed by atoms with E-state index in [1.807, 2.05) is 0 Å². The van der Waals surface area contributed by atoms with Crippen molar-refractivity contribution >= 4 is 31.2 Å². The molecule has 0 aliphatic carbocycles. The normalized spacial score (nSPS) is 14.5. The Morgan fingerprint density at radius 2 is 1.92 bits per heavy atom. The van der Waals surface area contributed by atoms with Gasteiger partial charge in [-0.25, -0.2) is 14.6 Å². The average Bonchev–Trinajstić information content (AvgIpc) is 1.98. The van der Waals surface area contributed by atoms with Gasteiger partial charge in [0.15, 0.2) is 5.44 Å². The summed E-state index contributed by atoms with van der Waals surface area (Å²) in [7, 11) is 0. The van der Waals surface area contributed by atoms with E-state index < -0.39 is 22.4 Å². The molecule has 0 fully saturated rings. The Balaban J connectivity index is 3.85. The maximum Gasteiger partial charge on any atom is 0.393 e. The minimum atomic E-state index is -1.69. The lowest BCUT2D eigenvalue weighted by atomic mass is 10.7. The van der Waals surface area contributed by atoms with Crippen molar-refractivity contribution in [2.45, 2.75) is 5.44 Å². The Labute approximate surface area is 78.2 Å². The molecular formula is C4H5O6S2-. The van der Waals surface area contributed by atoms with Gasteiger partial charge in [0.1, 0.15) is 0 Å². The molecule has 0 aliphatic heterocycles. The number of aliphatic hydroxyl groups is 3. The van der Waals surface area contributed by atoms with E-state index in [0.717, 1.165) is 0 Å². The molecule has 0 aromatic heterocycles. The van der Waals surface area contributed by atoms with Gasteiger partial charge in [0.2, 0.25) is 0 Å². The molecule has 1 unspecified atom stereocenters. The lowest BCUT2D eigenvalue weighted by Gasteiger charge is -2.07. The minimum absolute atomic E-state index is 0.976. The van der Waals surface area contributed by atoms with Crippen LogP contribution >= 0.6 is 12.6 Å². The summed E-state index contributed by atoms with van der Waals surface area (Å²) in [5.41, 5.74) is -1.69. The highest BCUT2D eigenvalue weighted by Gasteiger charge is 2.13. The van der Waals surface area contributed by atoms with Crippen molar-refractivity contribution in [3.05, 3.63) is 11.0 Å². The summed E-state index contributed by atoms with van der Waals surface area (Å²) in [6.07, 6.45) is 0. The van der Waals surface area contributed by atoms with Crippen molar-refractivity contribution in [1.82, 2.24) is 0 Å². The molecule has 12 heavy (non-hydrogen) atoms. The van der Waals surface area contributed by atoms with Crippen LogP contribution in [0.15, 0.2) is 11.0 Å². The van der Waals surface area contributed by atoms with Crippen LogP contribution in [0.5, 0.6) is 0 Å². The second kappa shape index (κ2) is 4.91. The van der Waals surface area contributed by atoms with Gasteiger partial charge in [-0.3, -0.25) is 0 Å². The summed E-state index contributed by atoms with van der Waals surface area (Å²) in [6.45, 7) is 0. The van der Waals surface area contributed by atoms with E-state index in [1.54, 1.807) is 0 Å². The smallest absolute Gasteiger partial charge is 0.393 e. The highest BCUT2D eigenvalue weighted by atomic mass is 32.1. The van der Waals surface area contributed by atoms with Gasteiger partial charge in [-0.1, -0.05) is 0 Å². The predicted molar refractivity (Wildman–Crippen MR) is 41.8 cm³/mol. The molecule has 0 saturated carbocycles. The molecule has 6 nitrogen and oxygen atoms in total. The Kier molecular flexibility index (Phi) is 4.55. The molecule has 0 spiro atoms. The summed E-state index contributed by atoms with van der Waals surface area (Å²) in [5.74, 6) is -2.39. The number of rotatable bonds is 3. The summed E-state index contributed by atoms with van der Waals surface area (Å²) in [4.78, 5) is 17.8. The maximum atomic E-state index is 10.3. The van der Waals surface area contributed by atoms with Crippen LogP contribution in [-0.2, 0) is 27.2 Å². The second-order valence-electron chi connectivity index (χ2n) is 1.47. The molecule has 0 amide bonds. The van der Waals surface area contributed by atoms with E-state index in [4.69, 9.17) is 15.3 Å². The topological polar surface area (TPSA) is 96.2 Å². The van der Waals surface area contributed by atoms with E-state index in [2.05, 4.69) is 35.0 Å². The summed E-state index contributed by atoms with van der Waals surface area (Å²) in [5, 5.41) is 24.2. The number of hydrogen-bond acceptors (Lipinski definition) is 8. The molecule has 0 saturated heterocycles. The van der Waals surface area contributed by atoms with Crippen LogP contribution in [-0.4, -0.2) is 26.7 Å². The molecule has 70 valence electrons. The number of carbonyl (C=O) groups is 1. The molecule has 0 rings (SSSR count). The standard InChI is InChI=1S/C4H6O6S2/c5-1(3(7)11)9-10-2(6)4(8)12/h3,6-8,11-12H/p-1. The fourth-order valence-electron chi connectivity index (χ4n) is 0.159. The predicted octanol–water partition coefficient (Wildman–Crippen LogP) is -0.501. The Morgan fingerprint density at radius 1 is 1.42 bits per heavy atom. The maximum absolute atomic E-state index is 10.3. The van der Waals surface area contributed by atoms with Crippen molar-refractivity contribution in [3.8, 4) is 0 Å².